The van der Waals surface area contributed by atoms with Gasteiger partial charge in [-0.25, -0.2) is 4.79 Å². The van der Waals surface area contributed by atoms with Crippen LogP contribution in [0.15, 0.2) is 30.4 Å². The summed E-state index contributed by atoms with van der Waals surface area (Å²) in [5.74, 6) is -2.36. The molecule has 0 aromatic heterocycles. The maximum atomic E-state index is 12.5. The van der Waals surface area contributed by atoms with Gasteiger partial charge in [-0.3, -0.25) is 4.79 Å². The fraction of sp³-hybridized carbons (Fsp3) is 0.333. The van der Waals surface area contributed by atoms with Crippen LogP contribution in [0.4, 0.5) is 0 Å². The van der Waals surface area contributed by atoms with Crippen molar-refractivity contribution < 1.29 is 29.6 Å². The summed E-state index contributed by atoms with van der Waals surface area (Å²) in [5.41, 5.74) is -0.335. The number of benzene rings is 1. The van der Waals surface area contributed by atoms with E-state index in [0.717, 1.165) is 6.07 Å². The Hall–Kier alpha value is -2.02. The van der Waals surface area contributed by atoms with Crippen LogP contribution in [0, 0.1) is 0 Å². The first-order valence-corrected chi connectivity index (χ1v) is 8.66. The molecular formula is C18H18Cl2O6. The number of aliphatic hydroxyl groups excluding tert-OH is 1. The van der Waals surface area contributed by atoms with Crippen LogP contribution in [0.2, 0.25) is 5.02 Å². The van der Waals surface area contributed by atoms with Gasteiger partial charge >= 0.3 is 5.97 Å². The number of esters is 1. The molecule has 8 heteroatoms. The molecule has 140 valence electrons. The van der Waals surface area contributed by atoms with E-state index >= 15 is 0 Å². The van der Waals surface area contributed by atoms with Gasteiger partial charge in [-0.05, 0) is 13.0 Å². The fourth-order valence-corrected chi connectivity index (χ4v) is 2.93. The predicted molar refractivity (Wildman–Crippen MR) is 96.9 cm³/mol. The Morgan fingerprint density at radius 1 is 1.19 bits per heavy atom. The summed E-state index contributed by atoms with van der Waals surface area (Å²) in [4.78, 5) is 24.6. The van der Waals surface area contributed by atoms with E-state index in [1.165, 1.54) is 24.3 Å². The van der Waals surface area contributed by atoms with Crippen molar-refractivity contribution >= 4 is 35.0 Å². The second-order valence-corrected chi connectivity index (χ2v) is 6.81. The summed E-state index contributed by atoms with van der Waals surface area (Å²) < 4.78 is 5.24. The van der Waals surface area contributed by atoms with Gasteiger partial charge in [-0.2, -0.15) is 0 Å². The highest BCUT2D eigenvalue weighted by atomic mass is 35.5. The Bertz CT molecular complexity index is 771. The smallest absolute Gasteiger partial charge is 0.342 e. The normalized spacial score (nSPS) is 24.7. The topological polar surface area (TPSA) is 104 Å². The van der Waals surface area contributed by atoms with E-state index in [2.05, 4.69) is 0 Å². The van der Waals surface area contributed by atoms with Gasteiger partial charge in [0, 0.05) is 24.5 Å². The average molecular weight is 401 g/mol. The second kappa shape index (κ2) is 8.58. The minimum Gasteiger partial charge on any atom is -0.507 e. The lowest BCUT2D eigenvalue weighted by Crippen LogP contribution is -2.27. The van der Waals surface area contributed by atoms with Crippen molar-refractivity contribution in [1.82, 2.24) is 0 Å². The van der Waals surface area contributed by atoms with Crippen molar-refractivity contribution in [3.05, 3.63) is 46.5 Å². The van der Waals surface area contributed by atoms with Crippen LogP contribution in [0.5, 0.6) is 11.5 Å². The maximum absolute atomic E-state index is 12.5. The van der Waals surface area contributed by atoms with Crippen LogP contribution in [-0.4, -0.2) is 44.7 Å². The number of halogens is 2. The highest BCUT2D eigenvalue weighted by Gasteiger charge is 2.27. The molecule has 0 unspecified atom stereocenters. The van der Waals surface area contributed by atoms with Crippen molar-refractivity contribution in [1.29, 1.82) is 0 Å². The molecule has 0 fully saturated rings. The van der Waals surface area contributed by atoms with E-state index in [4.69, 9.17) is 27.9 Å². The van der Waals surface area contributed by atoms with Crippen LogP contribution in [-0.2, 0) is 16.0 Å². The molecule has 1 aromatic rings. The number of alkyl halides is 1. The van der Waals surface area contributed by atoms with Crippen LogP contribution in [0.1, 0.15) is 29.3 Å². The summed E-state index contributed by atoms with van der Waals surface area (Å²) in [6.07, 6.45) is 3.73. The van der Waals surface area contributed by atoms with Gasteiger partial charge < -0.3 is 20.1 Å². The van der Waals surface area contributed by atoms with Gasteiger partial charge in [0.25, 0.3) is 0 Å². The summed E-state index contributed by atoms with van der Waals surface area (Å²) in [7, 11) is 0. The van der Waals surface area contributed by atoms with E-state index in [1.807, 2.05) is 0 Å². The number of hydrogen-bond donors (Lipinski definition) is 3. The molecule has 26 heavy (non-hydrogen) atoms. The molecule has 0 radical (unpaired) electrons. The molecule has 0 spiro atoms. The Labute approximate surface area is 160 Å². The Morgan fingerprint density at radius 3 is 2.58 bits per heavy atom. The zero-order valence-corrected chi connectivity index (χ0v) is 15.4. The minimum absolute atomic E-state index is 0.0344. The van der Waals surface area contributed by atoms with Crippen LogP contribution in [0.25, 0.3) is 0 Å². The number of ether oxygens (including phenoxy) is 1. The Balaban J connectivity index is 2.51. The highest BCUT2D eigenvalue weighted by molar-refractivity contribution is 6.33. The fourth-order valence-electron chi connectivity index (χ4n) is 2.53. The first-order chi connectivity index (χ1) is 12.2. The first-order valence-electron chi connectivity index (χ1n) is 7.84. The molecule has 3 atom stereocenters. The third-order valence-corrected chi connectivity index (χ3v) is 4.67. The average Bonchev–Trinajstić information content (AvgIpc) is 2.54. The van der Waals surface area contributed by atoms with Gasteiger partial charge in [0.15, 0.2) is 5.78 Å². The minimum atomic E-state index is -0.987. The van der Waals surface area contributed by atoms with Crippen molar-refractivity contribution in [2.24, 2.45) is 0 Å². The Morgan fingerprint density at radius 2 is 1.88 bits per heavy atom. The van der Waals surface area contributed by atoms with Crippen LogP contribution in [0.3, 0.4) is 0 Å². The third-order valence-electron chi connectivity index (χ3n) is 3.81. The van der Waals surface area contributed by atoms with Crippen molar-refractivity contribution in [2.45, 2.75) is 37.4 Å². The summed E-state index contributed by atoms with van der Waals surface area (Å²) >= 11 is 12.1. The third kappa shape index (κ3) is 4.78. The van der Waals surface area contributed by atoms with Gasteiger partial charge in [0.05, 0.1) is 16.5 Å². The molecule has 3 N–H and O–H groups in total. The number of cyclic esters (lactones) is 1. The van der Waals surface area contributed by atoms with E-state index in [1.54, 1.807) is 6.92 Å². The summed E-state index contributed by atoms with van der Waals surface area (Å²) in [6.45, 7) is 1.56. The number of phenols is 2. The quantitative estimate of drug-likeness (QED) is 0.456. The van der Waals surface area contributed by atoms with Crippen molar-refractivity contribution in [2.75, 3.05) is 0 Å². The second-order valence-electron chi connectivity index (χ2n) is 5.93. The number of aliphatic hydroxyl groups is 1. The predicted octanol–water partition coefficient (Wildman–Crippen LogP) is 2.89. The molecule has 0 saturated heterocycles. The number of hydrogen-bond acceptors (Lipinski definition) is 6. The lowest BCUT2D eigenvalue weighted by Gasteiger charge is -2.20. The lowest BCUT2D eigenvalue weighted by atomic mass is 9.99. The highest BCUT2D eigenvalue weighted by Crippen LogP contribution is 2.37. The van der Waals surface area contributed by atoms with Gasteiger partial charge in [0.2, 0.25) is 0 Å². The Kier molecular flexibility index (Phi) is 6.69. The van der Waals surface area contributed by atoms with Crippen LogP contribution < -0.4 is 0 Å². The summed E-state index contributed by atoms with van der Waals surface area (Å²) in [5, 5.41) is 29.0. The SMILES string of the molecule is C[C@@H]1C[C@H](O)[C@@H](Cl)C=CC=CC(=O)Cc2c(Cl)c(O)cc(O)c2C(=O)O1. The van der Waals surface area contributed by atoms with E-state index in [-0.39, 0.29) is 29.0 Å². The number of rotatable bonds is 0. The largest absolute Gasteiger partial charge is 0.507 e. The zero-order valence-electron chi connectivity index (χ0n) is 13.9. The van der Waals surface area contributed by atoms with E-state index in [0.29, 0.717) is 0 Å². The molecule has 1 aliphatic heterocycles. The van der Waals surface area contributed by atoms with Gasteiger partial charge in [-0.1, -0.05) is 29.8 Å². The number of allylic oxidation sites excluding steroid dienone is 3. The van der Waals surface area contributed by atoms with E-state index < -0.39 is 40.8 Å². The number of carbonyl (C=O) groups is 2. The lowest BCUT2D eigenvalue weighted by molar-refractivity contribution is -0.114. The zero-order chi connectivity index (χ0) is 19.4. The molecule has 1 aromatic carbocycles. The molecule has 2 rings (SSSR count). The van der Waals surface area contributed by atoms with Gasteiger partial charge in [-0.15, -0.1) is 11.6 Å². The van der Waals surface area contributed by atoms with E-state index in [9.17, 15) is 24.9 Å². The first kappa shape index (κ1) is 20.3. The van der Waals surface area contributed by atoms with Gasteiger partial charge in [0.1, 0.15) is 23.2 Å². The molecule has 6 nitrogen and oxygen atoms in total. The number of fused-ring (bicyclic) bond motifs is 1. The van der Waals surface area contributed by atoms with Crippen molar-refractivity contribution in [3.63, 3.8) is 0 Å². The monoisotopic (exact) mass is 400 g/mol. The number of phenolic OH excluding ortho intramolecular Hbond substituents is 2. The van der Waals surface area contributed by atoms with Crippen molar-refractivity contribution in [3.8, 4) is 11.5 Å². The molecule has 0 bridgehead atoms. The van der Waals surface area contributed by atoms with Crippen LogP contribution >= 0.6 is 23.2 Å². The maximum Gasteiger partial charge on any atom is 0.342 e. The molecule has 0 aliphatic carbocycles. The molecule has 1 heterocycles. The molecular weight excluding hydrogens is 383 g/mol. The molecule has 0 amide bonds. The summed E-state index contributed by atoms with van der Waals surface area (Å²) in [6, 6.07) is 0.906. The number of aromatic hydroxyl groups is 2. The molecule has 0 saturated carbocycles. The number of ketones is 1. The molecule has 1 aliphatic rings. The standard InChI is InChI=1S/C18H18Cl2O6/c1-9-6-13(22)12(19)5-3-2-4-10(21)7-11-16(18(25)26-9)14(23)8-15(24)17(11)20/h2-5,8-9,12-13,22-24H,6-7H2,1H3/t9-,12+,13+/m1/s1. The number of carbonyl (C=O) groups excluding carboxylic acids is 2.